The molecular weight excluding hydrogens is 343 g/mol. The maximum atomic E-state index is 13.9. The number of methoxy groups -OCH3 is 1. The number of benzene rings is 2. The van der Waals surface area contributed by atoms with E-state index in [1.165, 1.54) is 32.5 Å². The van der Waals surface area contributed by atoms with Gasteiger partial charge in [0.25, 0.3) is 0 Å². The summed E-state index contributed by atoms with van der Waals surface area (Å²) in [6.07, 6.45) is 1.26. The quantitative estimate of drug-likeness (QED) is 0.645. The Morgan fingerprint density at radius 2 is 1.79 bits per heavy atom. The molecule has 0 saturated heterocycles. The molecule has 0 spiro atoms. The van der Waals surface area contributed by atoms with Crippen LogP contribution < -0.4 is 10.1 Å². The first-order valence-electron chi connectivity index (χ1n) is 6.79. The fraction of sp³-hybridized carbons (Fsp3) is 0.118. The molecule has 0 aliphatic carbocycles. The third-order valence-corrected chi connectivity index (χ3v) is 3.56. The van der Waals surface area contributed by atoms with Crippen LogP contribution in [-0.2, 0) is 0 Å². The molecule has 0 aliphatic heterocycles. The lowest BCUT2D eigenvalue weighted by Crippen LogP contribution is -2.12. The number of ketones is 1. The van der Waals surface area contributed by atoms with Gasteiger partial charge in [0.2, 0.25) is 5.78 Å². The van der Waals surface area contributed by atoms with Gasteiger partial charge in [0.1, 0.15) is 23.2 Å². The van der Waals surface area contributed by atoms with Gasteiger partial charge in [-0.15, -0.1) is 0 Å². The highest BCUT2D eigenvalue weighted by Crippen LogP contribution is 2.31. The Balaban J connectivity index is 2.62. The summed E-state index contributed by atoms with van der Waals surface area (Å²) in [5, 5.41) is 2.82. The summed E-state index contributed by atoms with van der Waals surface area (Å²) in [7, 11) is 2.94. The number of halogens is 4. The van der Waals surface area contributed by atoms with Crippen LogP contribution in [0.1, 0.15) is 15.9 Å². The van der Waals surface area contributed by atoms with Gasteiger partial charge in [0, 0.05) is 41.5 Å². The van der Waals surface area contributed by atoms with Crippen molar-refractivity contribution in [1.82, 2.24) is 5.32 Å². The lowest BCUT2D eigenvalue weighted by molar-refractivity contribution is 0.104. The number of nitrogens with one attached hydrogen (secondary N) is 1. The van der Waals surface area contributed by atoms with Gasteiger partial charge in [-0.05, 0) is 18.2 Å². The minimum Gasteiger partial charge on any atom is -0.497 e. The molecule has 0 aliphatic rings. The molecule has 2 aromatic rings. The molecule has 24 heavy (non-hydrogen) atoms. The van der Waals surface area contributed by atoms with Gasteiger partial charge in [-0.2, -0.15) is 0 Å². The molecule has 0 saturated carbocycles. The van der Waals surface area contributed by atoms with Crippen molar-refractivity contribution in [2.24, 2.45) is 0 Å². The summed E-state index contributed by atoms with van der Waals surface area (Å²) >= 11 is 6.10. The maximum absolute atomic E-state index is 13.9. The van der Waals surface area contributed by atoms with E-state index in [0.29, 0.717) is 17.9 Å². The van der Waals surface area contributed by atoms with Crippen LogP contribution in [0.25, 0.3) is 5.57 Å². The first-order valence-corrected chi connectivity index (χ1v) is 7.17. The predicted octanol–water partition coefficient (Wildman–Crippen LogP) is 4.21. The summed E-state index contributed by atoms with van der Waals surface area (Å²) < 4.78 is 46.0. The van der Waals surface area contributed by atoms with Gasteiger partial charge in [0.15, 0.2) is 0 Å². The number of carbonyl (C=O) groups is 1. The largest absolute Gasteiger partial charge is 0.497 e. The fourth-order valence-electron chi connectivity index (χ4n) is 2.14. The molecule has 0 heterocycles. The fourth-order valence-corrected chi connectivity index (χ4v) is 2.36. The van der Waals surface area contributed by atoms with Gasteiger partial charge in [-0.3, -0.25) is 4.79 Å². The van der Waals surface area contributed by atoms with Crippen molar-refractivity contribution in [2.45, 2.75) is 0 Å². The second-order valence-electron chi connectivity index (χ2n) is 4.77. The Hall–Kier alpha value is -2.47. The molecule has 0 bridgehead atoms. The molecule has 3 nitrogen and oxygen atoms in total. The van der Waals surface area contributed by atoms with Gasteiger partial charge < -0.3 is 10.1 Å². The van der Waals surface area contributed by atoms with Crippen LogP contribution in [0.15, 0.2) is 36.5 Å². The number of hydrogen-bond acceptors (Lipinski definition) is 3. The molecule has 1 N–H and O–H groups in total. The van der Waals surface area contributed by atoms with Crippen LogP contribution in [0.4, 0.5) is 13.2 Å². The highest BCUT2D eigenvalue weighted by Gasteiger charge is 2.24. The Bertz CT molecular complexity index is 798. The van der Waals surface area contributed by atoms with Crippen LogP contribution in [-0.4, -0.2) is 19.9 Å². The van der Waals surface area contributed by atoms with E-state index < -0.39 is 28.8 Å². The van der Waals surface area contributed by atoms with Crippen molar-refractivity contribution in [1.29, 1.82) is 0 Å². The van der Waals surface area contributed by atoms with Crippen molar-refractivity contribution < 1.29 is 22.7 Å². The number of hydrogen-bond donors (Lipinski definition) is 1. The molecule has 2 rings (SSSR count). The van der Waals surface area contributed by atoms with Gasteiger partial charge in [0.05, 0.1) is 12.7 Å². The van der Waals surface area contributed by atoms with Crippen molar-refractivity contribution in [2.75, 3.05) is 14.2 Å². The van der Waals surface area contributed by atoms with Crippen molar-refractivity contribution >= 4 is 23.0 Å². The molecular formula is C17H13ClF3NO2. The normalized spacial score (nSPS) is 11.3. The van der Waals surface area contributed by atoms with Gasteiger partial charge >= 0.3 is 0 Å². The average Bonchev–Trinajstić information content (AvgIpc) is 2.52. The van der Waals surface area contributed by atoms with Crippen LogP contribution in [0, 0.1) is 17.5 Å². The smallest absolute Gasteiger partial charge is 0.201 e. The topological polar surface area (TPSA) is 38.3 Å². The zero-order valence-corrected chi connectivity index (χ0v) is 13.5. The van der Waals surface area contributed by atoms with Gasteiger partial charge in [-0.1, -0.05) is 11.6 Å². The van der Waals surface area contributed by atoms with E-state index in [-0.39, 0.29) is 16.2 Å². The highest BCUT2D eigenvalue weighted by molar-refractivity contribution is 6.37. The van der Waals surface area contributed by atoms with E-state index in [0.717, 1.165) is 0 Å². The van der Waals surface area contributed by atoms with E-state index in [1.54, 1.807) is 6.07 Å². The first-order chi connectivity index (χ1) is 11.4. The zero-order valence-electron chi connectivity index (χ0n) is 12.8. The van der Waals surface area contributed by atoms with E-state index >= 15 is 0 Å². The average molecular weight is 356 g/mol. The molecule has 0 unspecified atom stereocenters. The summed E-state index contributed by atoms with van der Waals surface area (Å²) in [6.45, 7) is 0. The number of Topliss-reactive ketones (excluding diaryl/α,β-unsaturated/α-hetero) is 1. The molecule has 0 atom stereocenters. The molecule has 0 fully saturated rings. The lowest BCUT2D eigenvalue weighted by Gasteiger charge is -2.12. The maximum Gasteiger partial charge on any atom is 0.201 e. The van der Waals surface area contributed by atoms with E-state index in [4.69, 9.17) is 16.3 Å². The molecule has 7 heteroatoms. The van der Waals surface area contributed by atoms with Crippen LogP contribution in [0.3, 0.4) is 0 Å². The first kappa shape index (κ1) is 17.9. The summed E-state index contributed by atoms with van der Waals surface area (Å²) in [5.74, 6) is -4.27. The molecule has 0 radical (unpaired) electrons. The molecule has 2 aromatic carbocycles. The minimum absolute atomic E-state index is 0.0918. The minimum atomic E-state index is -1.29. The summed E-state index contributed by atoms with van der Waals surface area (Å²) in [6, 6.07) is 5.42. The summed E-state index contributed by atoms with van der Waals surface area (Å²) in [5.41, 5.74) is -0.735. The molecule has 0 aromatic heterocycles. The van der Waals surface area contributed by atoms with Crippen LogP contribution in [0.5, 0.6) is 5.75 Å². The van der Waals surface area contributed by atoms with Crippen molar-refractivity contribution in [3.05, 3.63) is 70.1 Å². The predicted molar refractivity (Wildman–Crippen MR) is 85.7 cm³/mol. The Labute approximate surface area is 141 Å². The van der Waals surface area contributed by atoms with Crippen molar-refractivity contribution in [3.63, 3.8) is 0 Å². The van der Waals surface area contributed by atoms with Crippen LogP contribution in [0.2, 0.25) is 5.02 Å². The Kier molecular flexibility index (Phi) is 5.51. The second-order valence-corrected chi connectivity index (χ2v) is 5.17. The van der Waals surface area contributed by atoms with Crippen molar-refractivity contribution in [3.8, 4) is 5.75 Å². The SMILES string of the molecule is CN/C=C(/C(=O)c1c(F)cc(F)cc1F)c1cc(OC)ccc1Cl. The zero-order chi connectivity index (χ0) is 17.9. The third-order valence-electron chi connectivity index (χ3n) is 3.23. The molecule has 0 amide bonds. The van der Waals surface area contributed by atoms with Gasteiger partial charge in [-0.25, -0.2) is 13.2 Å². The number of rotatable bonds is 5. The van der Waals surface area contributed by atoms with E-state index in [1.807, 2.05) is 0 Å². The Morgan fingerprint density at radius 1 is 1.17 bits per heavy atom. The summed E-state index contributed by atoms with van der Waals surface area (Å²) in [4.78, 5) is 12.6. The monoisotopic (exact) mass is 355 g/mol. The third kappa shape index (κ3) is 3.54. The van der Waals surface area contributed by atoms with E-state index in [2.05, 4.69) is 5.32 Å². The molecule has 126 valence electrons. The lowest BCUT2D eigenvalue weighted by atomic mass is 9.96. The standard InChI is InChI=1S/C17H13ClF3NO2/c1-22-8-12(11-7-10(24-2)3-4-13(11)18)17(23)16-14(20)5-9(19)6-15(16)21/h3-8,22H,1-2H3/b12-8+. The van der Waals surface area contributed by atoms with E-state index in [9.17, 15) is 18.0 Å². The number of allylic oxidation sites excluding steroid dienone is 1. The number of carbonyl (C=O) groups excluding carboxylic acids is 1. The van der Waals surface area contributed by atoms with Crippen LogP contribution >= 0.6 is 11.6 Å². The highest BCUT2D eigenvalue weighted by atomic mass is 35.5. The Morgan fingerprint density at radius 3 is 2.33 bits per heavy atom. The number of ether oxygens (including phenoxy) is 1. The second kappa shape index (κ2) is 7.40.